The van der Waals surface area contributed by atoms with Gasteiger partial charge in [-0.15, -0.1) is 0 Å². The smallest absolute Gasteiger partial charge is 0.140 e. The van der Waals surface area contributed by atoms with Crippen LogP contribution in [0.2, 0.25) is 5.02 Å². The SMILES string of the molecule is COCC(Nc1ncc(Cl)cc1Br)C(C)C. The summed E-state index contributed by atoms with van der Waals surface area (Å²) in [7, 11) is 1.70. The largest absolute Gasteiger partial charge is 0.383 e. The number of halogens is 2. The summed E-state index contributed by atoms with van der Waals surface area (Å²) in [6.45, 7) is 4.93. The van der Waals surface area contributed by atoms with Crippen LogP contribution in [-0.4, -0.2) is 24.7 Å². The molecule has 0 amide bonds. The summed E-state index contributed by atoms with van der Waals surface area (Å²) in [5.74, 6) is 1.25. The van der Waals surface area contributed by atoms with Crippen LogP contribution in [0.25, 0.3) is 0 Å². The molecule has 0 aliphatic heterocycles. The predicted octanol–water partition coefficient (Wildman–Crippen LogP) is 3.58. The van der Waals surface area contributed by atoms with Crippen LogP contribution in [0.5, 0.6) is 0 Å². The summed E-state index contributed by atoms with van der Waals surface area (Å²) < 4.78 is 6.03. The van der Waals surface area contributed by atoms with E-state index in [9.17, 15) is 0 Å². The van der Waals surface area contributed by atoms with Crippen molar-refractivity contribution >= 4 is 33.3 Å². The number of rotatable bonds is 5. The first-order valence-electron chi connectivity index (χ1n) is 5.11. The van der Waals surface area contributed by atoms with Crippen molar-refractivity contribution in [3.8, 4) is 0 Å². The van der Waals surface area contributed by atoms with E-state index >= 15 is 0 Å². The van der Waals surface area contributed by atoms with E-state index < -0.39 is 0 Å². The van der Waals surface area contributed by atoms with Gasteiger partial charge in [-0.3, -0.25) is 0 Å². The lowest BCUT2D eigenvalue weighted by Gasteiger charge is -2.22. The quantitative estimate of drug-likeness (QED) is 0.903. The zero-order chi connectivity index (χ0) is 12.1. The highest BCUT2D eigenvalue weighted by molar-refractivity contribution is 9.10. The molecule has 0 aromatic carbocycles. The summed E-state index contributed by atoms with van der Waals surface area (Å²) >= 11 is 9.26. The minimum absolute atomic E-state index is 0.231. The third-order valence-electron chi connectivity index (χ3n) is 2.28. The Labute approximate surface area is 110 Å². The molecule has 0 radical (unpaired) electrons. The van der Waals surface area contributed by atoms with E-state index in [4.69, 9.17) is 16.3 Å². The molecule has 0 spiro atoms. The highest BCUT2D eigenvalue weighted by Crippen LogP contribution is 2.24. The molecule has 1 atom stereocenters. The lowest BCUT2D eigenvalue weighted by Crippen LogP contribution is -2.30. The van der Waals surface area contributed by atoms with Gasteiger partial charge in [0.2, 0.25) is 0 Å². The molecule has 5 heteroatoms. The van der Waals surface area contributed by atoms with Gasteiger partial charge in [0.25, 0.3) is 0 Å². The second kappa shape index (κ2) is 6.42. The number of nitrogens with one attached hydrogen (secondary N) is 1. The first-order chi connectivity index (χ1) is 7.54. The number of aromatic nitrogens is 1. The normalized spacial score (nSPS) is 12.9. The molecule has 1 heterocycles. The summed E-state index contributed by atoms with van der Waals surface area (Å²) in [5.41, 5.74) is 0. The molecule has 0 bridgehead atoms. The van der Waals surface area contributed by atoms with E-state index in [1.54, 1.807) is 13.3 Å². The molecule has 16 heavy (non-hydrogen) atoms. The average Bonchev–Trinajstić information content (AvgIpc) is 2.20. The number of anilines is 1. The Hall–Kier alpha value is -0.320. The number of nitrogens with zero attached hydrogens (tertiary/aromatic N) is 1. The van der Waals surface area contributed by atoms with Crippen molar-refractivity contribution in [3.63, 3.8) is 0 Å². The van der Waals surface area contributed by atoms with Crippen molar-refractivity contribution in [2.45, 2.75) is 19.9 Å². The zero-order valence-corrected chi connectivity index (χ0v) is 12.0. The first-order valence-corrected chi connectivity index (χ1v) is 6.28. The maximum Gasteiger partial charge on any atom is 0.140 e. The van der Waals surface area contributed by atoms with Crippen LogP contribution < -0.4 is 5.32 Å². The molecule has 0 aliphatic rings. The molecule has 1 N–H and O–H groups in total. The monoisotopic (exact) mass is 306 g/mol. The topological polar surface area (TPSA) is 34.1 Å². The van der Waals surface area contributed by atoms with Gasteiger partial charge in [-0.2, -0.15) is 0 Å². The van der Waals surface area contributed by atoms with Crippen molar-refractivity contribution in [2.24, 2.45) is 5.92 Å². The predicted molar refractivity (Wildman–Crippen MR) is 71.1 cm³/mol. The molecular weight excluding hydrogens is 291 g/mol. The fraction of sp³-hybridized carbons (Fsp3) is 0.545. The highest BCUT2D eigenvalue weighted by Gasteiger charge is 2.14. The van der Waals surface area contributed by atoms with Gasteiger partial charge in [-0.1, -0.05) is 25.4 Å². The zero-order valence-electron chi connectivity index (χ0n) is 9.63. The molecule has 3 nitrogen and oxygen atoms in total. The number of methoxy groups -OCH3 is 1. The number of pyridine rings is 1. The van der Waals surface area contributed by atoms with Gasteiger partial charge in [0.05, 0.1) is 22.1 Å². The van der Waals surface area contributed by atoms with Crippen molar-refractivity contribution in [3.05, 3.63) is 21.8 Å². The van der Waals surface area contributed by atoms with Gasteiger partial charge in [-0.05, 0) is 27.9 Å². The van der Waals surface area contributed by atoms with E-state index in [2.05, 4.69) is 40.1 Å². The average molecular weight is 308 g/mol. The maximum absolute atomic E-state index is 5.83. The molecule has 0 aliphatic carbocycles. The first kappa shape index (κ1) is 13.7. The van der Waals surface area contributed by atoms with Gasteiger partial charge >= 0.3 is 0 Å². The van der Waals surface area contributed by atoms with Crippen molar-refractivity contribution in [2.75, 3.05) is 19.0 Å². The second-order valence-corrected chi connectivity index (χ2v) is 5.22. The van der Waals surface area contributed by atoms with Gasteiger partial charge in [-0.25, -0.2) is 4.98 Å². The van der Waals surface area contributed by atoms with Crippen LogP contribution in [0.3, 0.4) is 0 Å². The van der Waals surface area contributed by atoms with E-state index in [-0.39, 0.29) is 6.04 Å². The van der Waals surface area contributed by atoms with E-state index in [1.165, 1.54) is 0 Å². The van der Waals surface area contributed by atoms with Crippen LogP contribution >= 0.6 is 27.5 Å². The van der Waals surface area contributed by atoms with Crippen LogP contribution in [0.4, 0.5) is 5.82 Å². The third-order valence-corrected chi connectivity index (χ3v) is 3.09. The minimum atomic E-state index is 0.231. The molecule has 0 saturated heterocycles. The summed E-state index contributed by atoms with van der Waals surface area (Å²) in [6.07, 6.45) is 1.62. The molecule has 1 unspecified atom stereocenters. The summed E-state index contributed by atoms with van der Waals surface area (Å²) in [4.78, 5) is 4.24. The Morgan fingerprint density at radius 2 is 2.25 bits per heavy atom. The van der Waals surface area contributed by atoms with Gasteiger partial charge in [0, 0.05) is 13.3 Å². The Balaban J connectivity index is 2.77. The highest BCUT2D eigenvalue weighted by atomic mass is 79.9. The Kier molecular flexibility index (Phi) is 5.52. The van der Waals surface area contributed by atoms with Gasteiger partial charge in [0.15, 0.2) is 0 Å². The Morgan fingerprint density at radius 1 is 1.56 bits per heavy atom. The van der Waals surface area contributed by atoms with E-state index in [0.29, 0.717) is 17.5 Å². The minimum Gasteiger partial charge on any atom is -0.383 e. The van der Waals surface area contributed by atoms with Gasteiger partial charge in [0.1, 0.15) is 5.82 Å². The summed E-state index contributed by atoms with van der Waals surface area (Å²) in [6, 6.07) is 2.05. The third kappa shape index (κ3) is 3.92. The fourth-order valence-corrected chi connectivity index (χ4v) is 2.03. The molecular formula is C11H16BrClN2O. The Morgan fingerprint density at radius 3 is 2.75 bits per heavy atom. The maximum atomic E-state index is 5.83. The van der Waals surface area contributed by atoms with Crippen LogP contribution in [-0.2, 0) is 4.74 Å². The van der Waals surface area contributed by atoms with Crippen molar-refractivity contribution in [1.29, 1.82) is 0 Å². The number of ether oxygens (including phenoxy) is 1. The Bertz CT molecular complexity index is 347. The molecule has 0 fully saturated rings. The summed E-state index contributed by atoms with van der Waals surface area (Å²) in [5, 5.41) is 3.95. The van der Waals surface area contributed by atoms with Crippen LogP contribution in [0.1, 0.15) is 13.8 Å². The molecule has 90 valence electrons. The lowest BCUT2D eigenvalue weighted by molar-refractivity contribution is 0.171. The van der Waals surface area contributed by atoms with E-state index in [0.717, 1.165) is 10.3 Å². The van der Waals surface area contributed by atoms with Crippen LogP contribution in [0.15, 0.2) is 16.7 Å². The number of hydrogen-bond donors (Lipinski definition) is 1. The molecule has 1 rings (SSSR count). The number of hydrogen-bond acceptors (Lipinski definition) is 3. The standard InChI is InChI=1S/C11H16BrClN2O/c1-7(2)10(6-16-3)15-11-9(12)4-8(13)5-14-11/h4-5,7,10H,6H2,1-3H3,(H,14,15). The van der Waals surface area contributed by atoms with Crippen molar-refractivity contribution < 1.29 is 4.74 Å². The lowest BCUT2D eigenvalue weighted by atomic mass is 10.1. The van der Waals surface area contributed by atoms with Crippen molar-refractivity contribution in [1.82, 2.24) is 4.98 Å². The fourth-order valence-electron chi connectivity index (χ4n) is 1.28. The van der Waals surface area contributed by atoms with Crippen LogP contribution in [0, 0.1) is 5.92 Å². The van der Waals surface area contributed by atoms with Gasteiger partial charge < -0.3 is 10.1 Å². The second-order valence-electron chi connectivity index (χ2n) is 3.93. The molecule has 1 aromatic heterocycles. The van der Waals surface area contributed by atoms with E-state index in [1.807, 2.05) is 6.07 Å². The molecule has 1 aromatic rings. The molecule has 0 saturated carbocycles.